The Labute approximate surface area is 127 Å². The number of nitrogens with zero attached hydrogens (tertiary/aromatic N) is 3. The first-order valence-corrected chi connectivity index (χ1v) is 7.53. The molecule has 1 aromatic carbocycles. The molecule has 5 nitrogen and oxygen atoms in total. The predicted molar refractivity (Wildman–Crippen MR) is 84.4 cm³/mol. The van der Waals surface area contributed by atoms with E-state index in [0.717, 1.165) is 27.6 Å². The number of aromatic nitrogens is 3. The number of ether oxygens (including phenoxy) is 1. The van der Waals surface area contributed by atoms with Crippen LogP contribution in [0.5, 0.6) is 5.75 Å². The van der Waals surface area contributed by atoms with E-state index >= 15 is 0 Å². The number of benzene rings is 1. The molecule has 0 atom stereocenters. The van der Waals surface area contributed by atoms with Crippen LogP contribution in [-0.2, 0) is 6.54 Å². The molecule has 2 N–H and O–H groups in total. The minimum absolute atomic E-state index is 0.533. The van der Waals surface area contributed by atoms with Gasteiger partial charge in [0.15, 0.2) is 0 Å². The van der Waals surface area contributed by atoms with E-state index in [-0.39, 0.29) is 0 Å². The van der Waals surface area contributed by atoms with Gasteiger partial charge in [-0.1, -0.05) is 11.3 Å². The minimum atomic E-state index is 0.533. The van der Waals surface area contributed by atoms with Crippen LogP contribution in [0.25, 0.3) is 10.6 Å². The van der Waals surface area contributed by atoms with Gasteiger partial charge < -0.3 is 10.5 Å². The standard InChI is InChI=1S/C15H16N4OS/c1-11-9-12(4-5-13(11)16)20-7-6-19-14(10-17-18-19)15-3-2-8-21-15/h2-5,8-10H,6-7,16H2,1H3. The van der Waals surface area contributed by atoms with Gasteiger partial charge >= 0.3 is 0 Å². The molecule has 0 aliphatic heterocycles. The zero-order chi connectivity index (χ0) is 14.7. The van der Waals surface area contributed by atoms with Crippen molar-refractivity contribution in [1.82, 2.24) is 15.0 Å². The molecule has 3 rings (SSSR count). The molecule has 0 unspecified atom stereocenters. The van der Waals surface area contributed by atoms with Gasteiger partial charge in [-0.25, -0.2) is 4.68 Å². The number of nitrogens with two attached hydrogens (primary N) is 1. The predicted octanol–water partition coefficient (Wildman–Crippen LogP) is 2.98. The molecule has 0 aliphatic carbocycles. The molecule has 0 aliphatic rings. The molecule has 108 valence electrons. The fourth-order valence-corrected chi connectivity index (χ4v) is 2.77. The van der Waals surface area contributed by atoms with Crippen molar-refractivity contribution in [2.75, 3.05) is 12.3 Å². The number of hydrogen-bond donors (Lipinski definition) is 1. The van der Waals surface area contributed by atoms with Crippen molar-refractivity contribution < 1.29 is 4.74 Å². The van der Waals surface area contributed by atoms with Crippen LogP contribution in [0, 0.1) is 6.92 Å². The number of aryl methyl sites for hydroxylation is 1. The minimum Gasteiger partial charge on any atom is -0.492 e. The molecule has 0 spiro atoms. The summed E-state index contributed by atoms with van der Waals surface area (Å²) < 4.78 is 7.60. The van der Waals surface area contributed by atoms with E-state index in [1.165, 1.54) is 0 Å². The van der Waals surface area contributed by atoms with Crippen molar-refractivity contribution in [3.8, 4) is 16.3 Å². The first kappa shape index (κ1) is 13.6. The third-order valence-electron chi connectivity index (χ3n) is 3.20. The SMILES string of the molecule is Cc1cc(OCCn2nncc2-c2cccs2)ccc1N. The Morgan fingerprint density at radius 2 is 2.24 bits per heavy atom. The Morgan fingerprint density at radius 1 is 1.33 bits per heavy atom. The maximum Gasteiger partial charge on any atom is 0.119 e. The second-order valence-electron chi connectivity index (χ2n) is 4.69. The van der Waals surface area contributed by atoms with E-state index < -0.39 is 0 Å². The third-order valence-corrected chi connectivity index (χ3v) is 4.10. The molecule has 0 fully saturated rings. The summed E-state index contributed by atoms with van der Waals surface area (Å²) >= 11 is 1.67. The Morgan fingerprint density at radius 3 is 3.00 bits per heavy atom. The summed E-state index contributed by atoms with van der Waals surface area (Å²) in [6.45, 7) is 3.15. The molecular formula is C15H16N4OS. The summed E-state index contributed by atoms with van der Waals surface area (Å²) in [7, 11) is 0. The zero-order valence-electron chi connectivity index (χ0n) is 11.7. The van der Waals surface area contributed by atoms with Crippen LogP contribution >= 0.6 is 11.3 Å². The van der Waals surface area contributed by atoms with Crippen LogP contribution in [0.15, 0.2) is 41.9 Å². The van der Waals surface area contributed by atoms with Crippen molar-refractivity contribution in [1.29, 1.82) is 0 Å². The van der Waals surface area contributed by atoms with Crippen LogP contribution in [0.2, 0.25) is 0 Å². The molecule has 0 radical (unpaired) electrons. The van der Waals surface area contributed by atoms with Gasteiger partial charge in [0.2, 0.25) is 0 Å². The van der Waals surface area contributed by atoms with E-state index in [0.29, 0.717) is 13.2 Å². The van der Waals surface area contributed by atoms with Crippen molar-refractivity contribution in [2.45, 2.75) is 13.5 Å². The van der Waals surface area contributed by atoms with E-state index in [4.69, 9.17) is 10.5 Å². The molecule has 0 saturated heterocycles. The molecule has 3 aromatic rings. The highest BCUT2D eigenvalue weighted by Gasteiger charge is 2.07. The molecular weight excluding hydrogens is 284 g/mol. The normalized spacial score (nSPS) is 10.7. The topological polar surface area (TPSA) is 66.0 Å². The molecule has 0 bridgehead atoms. The molecule has 2 aromatic heterocycles. The number of thiophene rings is 1. The first-order valence-electron chi connectivity index (χ1n) is 6.65. The highest BCUT2D eigenvalue weighted by atomic mass is 32.1. The maximum atomic E-state index is 5.79. The molecule has 0 amide bonds. The lowest BCUT2D eigenvalue weighted by Gasteiger charge is -2.09. The summed E-state index contributed by atoms with van der Waals surface area (Å²) in [6.07, 6.45) is 1.78. The largest absolute Gasteiger partial charge is 0.492 e. The highest BCUT2D eigenvalue weighted by molar-refractivity contribution is 7.13. The van der Waals surface area contributed by atoms with Gasteiger partial charge in [-0.3, -0.25) is 0 Å². The Bertz CT molecular complexity index is 721. The Kier molecular flexibility index (Phi) is 3.87. The summed E-state index contributed by atoms with van der Waals surface area (Å²) in [5, 5.41) is 10.1. The van der Waals surface area contributed by atoms with E-state index in [2.05, 4.69) is 16.4 Å². The van der Waals surface area contributed by atoms with Gasteiger partial charge in [0.25, 0.3) is 0 Å². The van der Waals surface area contributed by atoms with Crippen molar-refractivity contribution in [2.24, 2.45) is 0 Å². The van der Waals surface area contributed by atoms with E-state index in [1.54, 1.807) is 17.5 Å². The van der Waals surface area contributed by atoms with Crippen molar-refractivity contribution in [3.05, 3.63) is 47.5 Å². The quantitative estimate of drug-likeness (QED) is 0.736. The third kappa shape index (κ3) is 3.05. The summed E-state index contributed by atoms with van der Waals surface area (Å²) in [6, 6.07) is 9.76. The average Bonchev–Trinajstić information content (AvgIpc) is 3.13. The van der Waals surface area contributed by atoms with Gasteiger partial charge in [0, 0.05) is 5.69 Å². The Balaban J connectivity index is 1.63. The van der Waals surface area contributed by atoms with Crippen LogP contribution in [-0.4, -0.2) is 21.6 Å². The average molecular weight is 300 g/mol. The van der Waals surface area contributed by atoms with Crippen LogP contribution in [0.3, 0.4) is 0 Å². The van der Waals surface area contributed by atoms with E-state index in [9.17, 15) is 0 Å². The van der Waals surface area contributed by atoms with Gasteiger partial charge in [-0.15, -0.1) is 16.4 Å². The van der Waals surface area contributed by atoms with Crippen molar-refractivity contribution >= 4 is 17.0 Å². The zero-order valence-corrected chi connectivity index (χ0v) is 12.5. The number of anilines is 1. The second-order valence-corrected chi connectivity index (χ2v) is 5.63. The Hall–Kier alpha value is -2.34. The van der Waals surface area contributed by atoms with Crippen LogP contribution in [0.4, 0.5) is 5.69 Å². The molecule has 0 saturated carbocycles. The first-order chi connectivity index (χ1) is 10.2. The van der Waals surface area contributed by atoms with Gasteiger partial charge in [0.05, 0.1) is 23.3 Å². The summed E-state index contributed by atoms with van der Waals surface area (Å²) in [5.74, 6) is 0.819. The van der Waals surface area contributed by atoms with Crippen LogP contribution in [0.1, 0.15) is 5.56 Å². The lowest BCUT2D eigenvalue weighted by atomic mass is 10.2. The highest BCUT2D eigenvalue weighted by Crippen LogP contribution is 2.23. The summed E-state index contributed by atoms with van der Waals surface area (Å²) in [5.41, 5.74) is 8.60. The molecule has 6 heteroatoms. The maximum absolute atomic E-state index is 5.79. The smallest absolute Gasteiger partial charge is 0.119 e. The second kappa shape index (κ2) is 5.97. The monoisotopic (exact) mass is 300 g/mol. The molecule has 2 heterocycles. The fourth-order valence-electron chi connectivity index (χ4n) is 2.03. The van der Waals surface area contributed by atoms with Crippen LogP contribution < -0.4 is 10.5 Å². The lowest BCUT2D eigenvalue weighted by molar-refractivity contribution is 0.290. The van der Waals surface area contributed by atoms with Crippen molar-refractivity contribution in [3.63, 3.8) is 0 Å². The van der Waals surface area contributed by atoms with E-state index in [1.807, 2.05) is 41.3 Å². The van der Waals surface area contributed by atoms with Gasteiger partial charge in [-0.05, 0) is 42.1 Å². The molecule has 21 heavy (non-hydrogen) atoms. The summed E-state index contributed by atoms with van der Waals surface area (Å²) in [4.78, 5) is 1.16. The number of rotatable bonds is 5. The number of nitrogen functional groups attached to an aromatic ring is 1. The number of hydrogen-bond acceptors (Lipinski definition) is 5. The van der Waals surface area contributed by atoms with Gasteiger partial charge in [-0.2, -0.15) is 0 Å². The lowest BCUT2D eigenvalue weighted by Crippen LogP contribution is -2.10. The fraction of sp³-hybridized carbons (Fsp3) is 0.200. The van der Waals surface area contributed by atoms with Gasteiger partial charge in [0.1, 0.15) is 12.4 Å².